The van der Waals surface area contributed by atoms with Gasteiger partial charge in [-0.2, -0.15) is 13.2 Å². The molecule has 0 heterocycles. The van der Waals surface area contributed by atoms with Crippen LogP contribution in [0.4, 0.5) is 22.0 Å². The summed E-state index contributed by atoms with van der Waals surface area (Å²) in [7, 11) is 0. The minimum absolute atomic E-state index is 0.177. The molecule has 1 aliphatic carbocycles. The van der Waals surface area contributed by atoms with Gasteiger partial charge >= 0.3 is 5.51 Å². The highest BCUT2D eigenvalue weighted by Gasteiger charge is 2.42. The van der Waals surface area contributed by atoms with Crippen molar-refractivity contribution in [3.63, 3.8) is 0 Å². The van der Waals surface area contributed by atoms with Gasteiger partial charge in [0.15, 0.2) is 0 Å². The van der Waals surface area contributed by atoms with E-state index in [9.17, 15) is 22.0 Å². The fourth-order valence-corrected chi connectivity index (χ4v) is 2.59. The van der Waals surface area contributed by atoms with Crippen molar-refractivity contribution in [2.24, 2.45) is 5.92 Å². The van der Waals surface area contributed by atoms with Crippen molar-refractivity contribution >= 4 is 11.8 Å². The van der Waals surface area contributed by atoms with Gasteiger partial charge in [0.1, 0.15) is 0 Å². The number of allylic oxidation sites excluding steroid dienone is 1. The molecular weight excluding hydrogens is 259 g/mol. The quantitative estimate of drug-likeness (QED) is 0.622. The van der Waals surface area contributed by atoms with Crippen molar-refractivity contribution in [2.45, 2.75) is 50.0 Å². The fourth-order valence-electron chi connectivity index (χ4n) is 2.08. The lowest BCUT2D eigenvalue weighted by Crippen LogP contribution is -2.24. The van der Waals surface area contributed by atoms with Gasteiger partial charge < -0.3 is 0 Å². The Hall–Kier alpha value is -0.260. The first-order chi connectivity index (χ1) is 7.71. The second kappa shape index (κ2) is 5.59. The van der Waals surface area contributed by atoms with E-state index in [4.69, 9.17) is 0 Å². The molecular formula is C11H15F5S. The molecule has 0 aromatic rings. The topological polar surface area (TPSA) is 0 Å². The Balaban J connectivity index is 2.51. The molecule has 0 aromatic carbocycles. The number of alkyl halides is 5. The second-order valence-corrected chi connectivity index (χ2v) is 5.54. The van der Waals surface area contributed by atoms with Crippen LogP contribution in [0.15, 0.2) is 11.5 Å². The molecule has 0 bridgehead atoms. The van der Waals surface area contributed by atoms with E-state index in [0.717, 1.165) is 19.3 Å². The van der Waals surface area contributed by atoms with E-state index < -0.39 is 34.5 Å². The minimum atomic E-state index is -4.69. The van der Waals surface area contributed by atoms with E-state index in [1.54, 1.807) is 0 Å². The Labute approximate surface area is 102 Å². The summed E-state index contributed by atoms with van der Waals surface area (Å²) in [5.74, 6) is -3.60. The predicted octanol–water partition coefficient (Wildman–Crippen LogP) is 5.36. The fraction of sp³-hybridized carbons (Fsp3) is 0.818. The molecule has 1 fully saturated rings. The molecule has 0 spiro atoms. The van der Waals surface area contributed by atoms with E-state index in [0.29, 0.717) is 12.8 Å². The van der Waals surface area contributed by atoms with Gasteiger partial charge in [-0.05, 0) is 17.7 Å². The van der Waals surface area contributed by atoms with Crippen LogP contribution in [0.1, 0.15) is 38.5 Å². The maximum absolute atomic E-state index is 13.5. The summed E-state index contributed by atoms with van der Waals surface area (Å²) in [4.78, 5) is -1.09. The molecule has 0 nitrogen and oxygen atoms in total. The van der Waals surface area contributed by atoms with Gasteiger partial charge in [0.2, 0.25) is 0 Å². The molecule has 17 heavy (non-hydrogen) atoms. The Kier molecular flexibility index (Phi) is 4.86. The molecule has 0 unspecified atom stereocenters. The zero-order valence-corrected chi connectivity index (χ0v) is 10.1. The standard InChI is InChI=1S/C11H15F5S/c1-8(17-11(14,15)16)10(12,13)7-9-5-3-2-4-6-9/h9H,1-7H2. The summed E-state index contributed by atoms with van der Waals surface area (Å²) < 4.78 is 63.0. The largest absolute Gasteiger partial charge is 0.446 e. The van der Waals surface area contributed by atoms with E-state index in [1.165, 1.54) is 0 Å². The van der Waals surface area contributed by atoms with Gasteiger partial charge in [-0.3, -0.25) is 0 Å². The van der Waals surface area contributed by atoms with Gasteiger partial charge in [0.05, 0.1) is 4.91 Å². The first kappa shape index (κ1) is 14.8. The monoisotopic (exact) mass is 274 g/mol. The van der Waals surface area contributed by atoms with Gasteiger partial charge in [-0.1, -0.05) is 38.7 Å². The van der Waals surface area contributed by atoms with Crippen LogP contribution in [0.2, 0.25) is 0 Å². The van der Waals surface area contributed by atoms with Gasteiger partial charge in [-0.25, -0.2) is 8.78 Å². The smallest absolute Gasteiger partial charge is 0.201 e. The number of halogens is 5. The van der Waals surface area contributed by atoms with Gasteiger partial charge in [0, 0.05) is 6.42 Å². The molecule has 1 rings (SSSR count). The third-order valence-electron chi connectivity index (χ3n) is 2.92. The number of hydrogen-bond donors (Lipinski definition) is 0. The zero-order chi connectivity index (χ0) is 13.1. The molecule has 0 saturated heterocycles. The normalized spacial score (nSPS) is 19.4. The van der Waals surface area contributed by atoms with Gasteiger partial charge in [-0.15, -0.1) is 0 Å². The lowest BCUT2D eigenvalue weighted by Gasteiger charge is -2.27. The Morgan fingerprint density at radius 2 is 1.59 bits per heavy atom. The molecule has 100 valence electrons. The highest BCUT2D eigenvalue weighted by Crippen LogP contribution is 2.46. The van der Waals surface area contributed by atoms with E-state index in [1.807, 2.05) is 0 Å². The lowest BCUT2D eigenvalue weighted by atomic mass is 9.85. The van der Waals surface area contributed by atoms with Gasteiger partial charge in [0.25, 0.3) is 5.92 Å². The van der Waals surface area contributed by atoms with Crippen molar-refractivity contribution in [1.82, 2.24) is 0 Å². The highest BCUT2D eigenvalue weighted by atomic mass is 32.2. The minimum Gasteiger partial charge on any atom is -0.201 e. The molecule has 1 saturated carbocycles. The van der Waals surface area contributed by atoms with Crippen LogP contribution in [-0.2, 0) is 0 Å². The first-order valence-corrected chi connectivity index (χ1v) is 6.35. The predicted molar refractivity (Wildman–Crippen MR) is 58.9 cm³/mol. The number of hydrogen-bond acceptors (Lipinski definition) is 1. The molecule has 6 heteroatoms. The van der Waals surface area contributed by atoms with Crippen LogP contribution in [0, 0.1) is 5.92 Å². The van der Waals surface area contributed by atoms with E-state index in [-0.39, 0.29) is 5.92 Å². The van der Waals surface area contributed by atoms with E-state index >= 15 is 0 Å². The van der Waals surface area contributed by atoms with Crippen LogP contribution < -0.4 is 0 Å². The first-order valence-electron chi connectivity index (χ1n) is 5.54. The van der Waals surface area contributed by atoms with E-state index in [2.05, 4.69) is 6.58 Å². The Bertz CT molecular complexity index is 266. The van der Waals surface area contributed by atoms with Crippen LogP contribution in [0.25, 0.3) is 0 Å². The van der Waals surface area contributed by atoms with Crippen LogP contribution in [0.5, 0.6) is 0 Å². The molecule has 0 atom stereocenters. The average molecular weight is 274 g/mol. The average Bonchev–Trinajstić information content (AvgIpc) is 2.15. The SMILES string of the molecule is C=C(SC(F)(F)F)C(F)(F)CC1CCCCC1. The number of rotatable bonds is 4. The van der Waals surface area contributed by atoms with Crippen LogP contribution in [0.3, 0.4) is 0 Å². The summed E-state index contributed by atoms with van der Waals surface area (Å²) in [5, 5.41) is 0. The summed E-state index contributed by atoms with van der Waals surface area (Å²) in [6.07, 6.45) is 3.66. The van der Waals surface area contributed by atoms with Crippen LogP contribution >= 0.6 is 11.8 Å². The van der Waals surface area contributed by atoms with Crippen molar-refractivity contribution in [3.8, 4) is 0 Å². The maximum Gasteiger partial charge on any atom is 0.446 e. The molecule has 0 aliphatic heterocycles. The Morgan fingerprint density at radius 3 is 2.06 bits per heavy atom. The molecule has 0 aromatic heterocycles. The summed E-state index contributed by atoms with van der Waals surface area (Å²) in [6.45, 7) is 2.87. The maximum atomic E-state index is 13.5. The Morgan fingerprint density at radius 1 is 1.06 bits per heavy atom. The molecule has 0 amide bonds. The third kappa shape index (κ3) is 5.27. The van der Waals surface area contributed by atoms with Crippen molar-refractivity contribution in [2.75, 3.05) is 0 Å². The lowest BCUT2D eigenvalue weighted by molar-refractivity contribution is -0.0350. The third-order valence-corrected chi connectivity index (χ3v) is 3.69. The van der Waals surface area contributed by atoms with Crippen LogP contribution in [-0.4, -0.2) is 11.4 Å². The second-order valence-electron chi connectivity index (χ2n) is 4.38. The highest BCUT2D eigenvalue weighted by molar-refractivity contribution is 8.03. The molecule has 0 N–H and O–H groups in total. The van der Waals surface area contributed by atoms with Crippen molar-refractivity contribution < 1.29 is 22.0 Å². The molecule has 0 radical (unpaired) electrons. The number of thioether (sulfide) groups is 1. The summed E-state index contributed by atoms with van der Waals surface area (Å²) in [6, 6.07) is 0. The zero-order valence-electron chi connectivity index (χ0n) is 9.33. The van der Waals surface area contributed by atoms with Crippen molar-refractivity contribution in [3.05, 3.63) is 11.5 Å². The molecule has 1 aliphatic rings. The summed E-state index contributed by atoms with van der Waals surface area (Å²) >= 11 is -0.792. The van der Waals surface area contributed by atoms with Crippen molar-refractivity contribution in [1.29, 1.82) is 0 Å². The summed E-state index contributed by atoms with van der Waals surface area (Å²) in [5.41, 5.74) is -4.69.